The van der Waals surface area contributed by atoms with E-state index in [-0.39, 0.29) is 5.92 Å². The second kappa shape index (κ2) is 4.48. The lowest BCUT2D eigenvalue weighted by Gasteiger charge is -2.16. The van der Waals surface area contributed by atoms with Gasteiger partial charge in [-0.2, -0.15) is 13.2 Å². The molecular formula is C8H14F3NO. The minimum Gasteiger partial charge on any atom is -0.346 e. The number of halogens is 3. The Morgan fingerprint density at radius 2 is 1.77 bits per heavy atom. The Morgan fingerprint density at radius 1 is 1.31 bits per heavy atom. The molecule has 0 bridgehead atoms. The van der Waals surface area contributed by atoms with Gasteiger partial charge in [-0.1, -0.05) is 13.8 Å². The van der Waals surface area contributed by atoms with Gasteiger partial charge in [-0.15, -0.1) is 0 Å². The first kappa shape index (κ1) is 12.3. The van der Waals surface area contributed by atoms with E-state index in [1.54, 1.807) is 6.92 Å². The summed E-state index contributed by atoms with van der Waals surface area (Å²) in [6.07, 6.45) is -4.23. The summed E-state index contributed by atoms with van der Waals surface area (Å²) in [7, 11) is 0. The van der Waals surface area contributed by atoms with Crippen LogP contribution in [-0.2, 0) is 4.79 Å². The number of hydrogen-bond donors (Lipinski definition) is 1. The zero-order valence-electron chi connectivity index (χ0n) is 7.90. The van der Waals surface area contributed by atoms with Gasteiger partial charge in [-0.05, 0) is 19.3 Å². The Bertz CT molecular complexity index is 177. The molecule has 0 aliphatic heterocycles. The van der Waals surface area contributed by atoms with E-state index in [1.165, 1.54) is 0 Å². The molecule has 0 aliphatic rings. The van der Waals surface area contributed by atoms with E-state index in [2.05, 4.69) is 0 Å². The molecule has 1 N–H and O–H groups in total. The van der Waals surface area contributed by atoms with Crippen LogP contribution in [0.5, 0.6) is 0 Å². The molecule has 0 aliphatic carbocycles. The Balaban J connectivity index is 3.93. The lowest BCUT2D eigenvalue weighted by Crippen LogP contribution is -2.42. The first-order valence-electron chi connectivity index (χ1n) is 4.11. The van der Waals surface area contributed by atoms with Crippen molar-refractivity contribution in [2.45, 2.75) is 39.4 Å². The molecule has 0 saturated carbocycles. The van der Waals surface area contributed by atoms with Crippen LogP contribution < -0.4 is 5.32 Å². The van der Waals surface area contributed by atoms with Crippen LogP contribution >= 0.6 is 0 Å². The highest BCUT2D eigenvalue weighted by atomic mass is 19.4. The van der Waals surface area contributed by atoms with E-state index in [4.69, 9.17) is 0 Å². The summed E-state index contributed by atoms with van der Waals surface area (Å²) in [6, 6.07) is -0.436. The maximum Gasteiger partial charge on any atom is 0.471 e. The van der Waals surface area contributed by atoms with Gasteiger partial charge in [-0.25, -0.2) is 0 Å². The van der Waals surface area contributed by atoms with Gasteiger partial charge in [0.05, 0.1) is 0 Å². The minimum absolute atomic E-state index is 0.267. The highest BCUT2D eigenvalue weighted by Gasteiger charge is 2.39. The molecule has 0 saturated heterocycles. The fourth-order valence-electron chi connectivity index (χ4n) is 1.07. The fraction of sp³-hybridized carbons (Fsp3) is 0.875. The molecule has 0 aromatic rings. The van der Waals surface area contributed by atoms with Crippen molar-refractivity contribution < 1.29 is 18.0 Å². The number of nitrogens with one attached hydrogen (secondary N) is 1. The number of alkyl halides is 3. The Labute approximate surface area is 75.5 Å². The molecule has 1 amide bonds. The van der Waals surface area contributed by atoms with Crippen molar-refractivity contribution in [2.24, 2.45) is 5.92 Å². The number of carbonyl (C=O) groups is 1. The van der Waals surface area contributed by atoms with Gasteiger partial charge in [0, 0.05) is 6.04 Å². The van der Waals surface area contributed by atoms with Gasteiger partial charge in [0.1, 0.15) is 0 Å². The fourth-order valence-corrected chi connectivity index (χ4v) is 1.07. The number of rotatable bonds is 3. The zero-order chi connectivity index (χ0) is 10.6. The standard InChI is InChI=1S/C8H14F3NO/c1-5(2)4-6(3)12-7(13)8(9,10)11/h5-6H,4H2,1-3H3,(H,12,13). The SMILES string of the molecule is CC(C)CC(C)NC(=O)C(F)(F)F. The number of hydrogen-bond acceptors (Lipinski definition) is 1. The molecule has 2 nitrogen and oxygen atoms in total. The van der Waals surface area contributed by atoms with Gasteiger partial charge >= 0.3 is 12.1 Å². The van der Waals surface area contributed by atoms with Crippen molar-refractivity contribution in [2.75, 3.05) is 0 Å². The van der Waals surface area contributed by atoms with Crippen LogP contribution in [0.25, 0.3) is 0 Å². The third kappa shape index (κ3) is 5.49. The zero-order valence-corrected chi connectivity index (χ0v) is 7.90. The molecule has 0 spiro atoms. The Hall–Kier alpha value is -0.740. The van der Waals surface area contributed by atoms with E-state index in [9.17, 15) is 18.0 Å². The van der Waals surface area contributed by atoms with Crippen LogP contribution in [0.4, 0.5) is 13.2 Å². The van der Waals surface area contributed by atoms with Crippen molar-refractivity contribution in [3.63, 3.8) is 0 Å². The monoisotopic (exact) mass is 197 g/mol. The summed E-state index contributed by atoms with van der Waals surface area (Å²) >= 11 is 0. The third-order valence-electron chi connectivity index (χ3n) is 1.46. The van der Waals surface area contributed by atoms with Gasteiger partial charge in [0.2, 0.25) is 0 Å². The third-order valence-corrected chi connectivity index (χ3v) is 1.46. The van der Waals surface area contributed by atoms with Crippen molar-refractivity contribution >= 4 is 5.91 Å². The summed E-state index contributed by atoms with van der Waals surface area (Å²) in [5, 5.41) is 1.89. The van der Waals surface area contributed by atoms with Crippen molar-refractivity contribution in [1.29, 1.82) is 0 Å². The van der Waals surface area contributed by atoms with Crippen molar-refractivity contribution in [3.05, 3.63) is 0 Å². The molecule has 0 rings (SSSR count). The van der Waals surface area contributed by atoms with E-state index in [0.29, 0.717) is 6.42 Å². The highest BCUT2D eigenvalue weighted by molar-refractivity contribution is 5.81. The quantitative estimate of drug-likeness (QED) is 0.737. The van der Waals surface area contributed by atoms with E-state index >= 15 is 0 Å². The topological polar surface area (TPSA) is 29.1 Å². The molecule has 78 valence electrons. The predicted molar refractivity (Wildman–Crippen MR) is 43.1 cm³/mol. The number of carbonyl (C=O) groups excluding carboxylic acids is 1. The molecule has 0 fully saturated rings. The van der Waals surface area contributed by atoms with Crippen LogP contribution in [-0.4, -0.2) is 18.1 Å². The maximum absolute atomic E-state index is 11.7. The molecule has 1 atom stereocenters. The lowest BCUT2D eigenvalue weighted by atomic mass is 10.1. The van der Waals surface area contributed by atoms with Crippen molar-refractivity contribution in [1.82, 2.24) is 5.32 Å². The molecule has 0 radical (unpaired) electrons. The largest absolute Gasteiger partial charge is 0.471 e. The van der Waals surface area contributed by atoms with Gasteiger partial charge in [-0.3, -0.25) is 4.79 Å². The Morgan fingerprint density at radius 3 is 2.08 bits per heavy atom. The molecule has 13 heavy (non-hydrogen) atoms. The highest BCUT2D eigenvalue weighted by Crippen LogP contribution is 2.15. The van der Waals surface area contributed by atoms with E-state index in [0.717, 1.165) is 0 Å². The summed E-state index contributed by atoms with van der Waals surface area (Å²) in [4.78, 5) is 10.4. The van der Waals surface area contributed by atoms with Gasteiger partial charge < -0.3 is 5.32 Å². The van der Waals surface area contributed by atoms with Gasteiger partial charge in [0.15, 0.2) is 0 Å². The van der Waals surface area contributed by atoms with Gasteiger partial charge in [0.25, 0.3) is 0 Å². The summed E-state index contributed by atoms with van der Waals surface area (Å²) in [6.45, 7) is 5.33. The van der Waals surface area contributed by atoms with Crippen LogP contribution in [0, 0.1) is 5.92 Å². The molecule has 5 heteroatoms. The van der Waals surface area contributed by atoms with Crippen LogP contribution in [0.15, 0.2) is 0 Å². The van der Waals surface area contributed by atoms with E-state index < -0.39 is 18.1 Å². The second-order valence-corrected chi connectivity index (χ2v) is 3.50. The maximum atomic E-state index is 11.7. The molecule has 0 aromatic heterocycles. The normalized spacial score (nSPS) is 14.4. The Kier molecular flexibility index (Phi) is 4.23. The first-order chi connectivity index (χ1) is 5.73. The summed E-state index contributed by atoms with van der Waals surface area (Å²) < 4.78 is 35.2. The molecular weight excluding hydrogens is 183 g/mol. The summed E-state index contributed by atoms with van der Waals surface area (Å²) in [5.41, 5.74) is 0. The van der Waals surface area contributed by atoms with Crippen LogP contribution in [0.3, 0.4) is 0 Å². The summed E-state index contributed by atoms with van der Waals surface area (Å²) in [5.74, 6) is -1.59. The average molecular weight is 197 g/mol. The first-order valence-corrected chi connectivity index (χ1v) is 4.11. The smallest absolute Gasteiger partial charge is 0.346 e. The van der Waals surface area contributed by atoms with E-state index in [1.807, 2.05) is 19.2 Å². The van der Waals surface area contributed by atoms with Crippen LogP contribution in [0.2, 0.25) is 0 Å². The second-order valence-electron chi connectivity index (χ2n) is 3.50. The molecule has 1 unspecified atom stereocenters. The minimum atomic E-state index is -4.77. The molecule has 0 aromatic carbocycles. The van der Waals surface area contributed by atoms with Crippen molar-refractivity contribution in [3.8, 4) is 0 Å². The van der Waals surface area contributed by atoms with Crippen LogP contribution in [0.1, 0.15) is 27.2 Å². The number of amides is 1. The molecule has 0 heterocycles. The average Bonchev–Trinajstić information content (AvgIpc) is 1.82. The lowest BCUT2D eigenvalue weighted by molar-refractivity contribution is -0.174. The predicted octanol–water partition coefficient (Wildman–Crippen LogP) is 2.10.